The summed E-state index contributed by atoms with van der Waals surface area (Å²) in [6.07, 6.45) is 2.07. The number of anilines is 1. The van der Waals surface area contributed by atoms with Gasteiger partial charge < -0.3 is 15.0 Å². The molecule has 0 fully saturated rings. The van der Waals surface area contributed by atoms with Gasteiger partial charge >= 0.3 is 0 Å². The lowest BCUT2D eigenvalue weighted by atomic mass is 10.1. The molecule has 0 spiro atoms. The summed E-state index contributed by atoms with van der Waals surface area (Å²) in [5.41, 5.74) is 1.68. The van der Waals surface area contributed by atoms with Gasteiger partial charge in [0, 0.05) is 39.0 Å². The summed E-state index contributed by atoms with van der Waals surface area (Å²) in [7, 11) is 3.63. The molecule has 0 aliphatic heterocycles. The van der Waals surface area contributed by atoms with E-state index in [9.17, 15) is 4.39 Å². The van der Waals surface area contributed by atoms with Crippen molar-refractivity contribution in [1.82, 2.24) is 5.32 Å². The molecule has 1 rings (SSSR count). The van der Waals surface area contributed by atoms with Gasteiger partial charge in [0.05, 0.1) is 12.3 Å². The average molecular weight is 300 g/mol. The first kappa shape index (κ1) is 17.3. The highest BCUT2D eigenvalue weighted by molar-refractivity contribution is 7.98. The molecule has 0 saturated heterocycles. The van der Waals surface area contributed by atoms with Crippen LogP contribution in [-0.4, -0.2) is 45.4 Å². The predicted octanol–water partition coefficient (Wildman–Crippen LogP) is 2.75. The molecule has 0 aliphatic carbocycles. The summed E-state index contributed by atoms with van der Waals surface area (Å²) in [6, 6.07) is 5.55. The van der Waals surface area contributed by atoms with Crippen molar-refractivity contribution in [3.8, 4) is 0 Å². The monoisotopic (exact) mass is 300 g/mol. The van der Waals surface area contributed by atoms with E-state index in [1.54, 1.807) is 24.9 Å². The number of methoxy groups -OCH3 is 1. The minimum atomic E-state index is -0.161. The smallest absolute Gasteiger partial charge is 0.146 e. The van der Waals surface area contributed by atoms with Crippen LogP contribution in [0.3, 0.4) is 0 Å². The highest BCUT2D eigenvalue weighted by Gasteiger charge is 2.17. The molecular weight excluding hydrogens is 275 g/mol. The van der Waals surface area contributed by atoms with Gasteiger partial charge in [0.25, 0.3) is 0 Å². The SMILES string of the molecule is COCCNCc1cccc(F)c1N(C)C(C)CSC. The van der Waals surface area contributed by atoms with Gasteiger partial charge in [-0.2, -0.15) is 11.8 Å². The maximum Gasteiger partial charge on any atom is 0.146 e. The fourth-order valence-corrected chi connectivity index (χ4v) is 2.77. The first-order valence-corrected chi connectivity index (χ1v) is 8.20. The molecule has 0 aliphatic rings. The van der Waals surface area contributed by atoms with Gasteiger partial charge in [-0.1, -0.05) is 12.1 Å². The van der Waals surface area contributed by atoms with Crippen molar-refractivity contribution in [2.24, 2.45) is 0 Å². The zero-order chi connectivity index (χ0) is 15.0. The van der Waals surface area contributed by atoms with E-state index in [0.717, 1.165) is 17.9 Å². The largest absolute Gasteiger partial charge is 0.383 e. The number of hydrogen-bond donors (Lipinski definition) is 1. The van der Waals surface area contributed by atoms with Crippen LogP contribution in [0, 0.1) is 5.82 Å². The summed E-state index contributed by atoms with van der Waals surface area (Å²) in [6.45, 7) is 4.18. The molecule has 0 bridgehead atoms. The Morgan fingerprint density at radius 3 is 2.85 bits per heavy atom. The maximum absolute atomic E-state index is 14.2. The molecule has 3 nitrogen and oxygen atoms in total. The number of benzene rings is 1. The summed E-state index contributed by atoms with van der Waals surface area (Å²) in [5.74, 6) is 0.813. The van der Waals surface area contributed by atoms with Crippen molar-refractivity contribution in [1.29, 1.82) is 0 Å². The first-order chi connectivity index (χ1) is 9.61. The van der Waals surface area contributed by atoms with Crippen LogP contribution in [-0.2, 0) is 11.3 Å². The van der Waals surface area contributed by atoms with Crippen molar-refractivity contribution in [2.75, 3.05) is 44.2 Å². The number of halogens is 1. The number of rotatable bonds is 9. The zero-order valence-corrected chi connectivity index (χ0v) is 13.6. The number of nitrogens with zero attached hydrogens (tertiary/aromatic N) is 1. The van der Waals surface area contributed by atoms with Crippen LogP contribution in [0.25, 0.3) is 0 Å². The minimum absolute atomic E-state index is 0.161. The number of ether oxygens (including phenoxy) is 1. The fraction of sp³-hybridized carbons (Fsp3) is 0.600. The summed E-state index contributed by atoms with van der Waals surface area (Å²) in [5, 5.41) is 3.27. The molecule has 0 radical (unpaired) electrons. The normalized spacial score (nSPS) is 12.4. The number of thioether (sulfide) groups is 1. The third-order valence-electron chi connectivity index (χ3n) is 3.29. The standard InChI is InChI=1S/C15H25FN2OS/c1-12(11-20-4)18(2)15-13(6-5-7-14(15)16)10-17-8-9-19-3/h5-7,12,17H,8-11H2,1-4H3. The highest BCUT2D eigenvalue weighted by atomic mass is 32.2. The second-order valence-electron chi connectivity index (χ2n) is 4.83. The molecule has 1 aromatic carbocycles. The number of nitrogens with one attached hydrogen (secondary N) is 1. The molecule has 5 heteroatoms. The van der Waals surface area contributed by atoms with Crippen LogP contribution >= 0.6 is 11.8 Å². The Hall–Kier alpha value is -0.780. The number of hydrogen-bond acceptors (Lipinski definition) is 4. The molecule has 20 heavy (non-hydrogen) atoms. The lowest BCUT2D eigenvalue weighted by Gasteiger charge is -2.29. The van der Waals surface area contributed by atoms with E-state index in [-0.39, 0.29) is 5.82 Å². The molecule has 1 atom stereocenters. The van der Waals surface area contributed by atoms with Crippen molar-refractivity contribution < 1.29 is 9.13 Å². The zero-order valence-electron chi connectivity index (χ0n) is 12.8. The Balaban J connectivity index is 2.81. The van der Waals surface area contributed by atoms with Gasteiger partial charge in [-0.3, -0.25) is 0 Å². The predicted molar refractivity (Wildman–Crippen MR) is 86.2 cm³/mol. The second kappa shape index (κ2) is 9.21. The molecule has 1 aromatic rings. The van der Waals surface area contributed by atoms with E-state index in [4.69, 9.17) is 4.74 Å². The highest BCUT2D eigenvalue weighted by Crippen LogP contribution is 2.25. The quantitative estimate of drug-likeness (QED) is 0.709. The Labute approximate surface area is 125 Å². The lowest BCUT2D eigenvalue weighted by Crippen LogP contribution is -2.33. The molecule has 1 N–H and O–H groups in total. The van der Waals surface area contributed by atoms with E-state index < -0.39 is 0 Å². The third kappa shape index (κ3) is 4.96. The van der Waals surface area contributed by atoms with Crippen molar-refractivity contribution >= 4 is 17.4 Å². The van der Waals surface area contributed by atoms with Crippen molar-refractivity contribution in [3.05, 3.63) is 29.6 Å². The van der Waals surface area contributed by atoms with E-state index in [2.05, 4.69) is 18.5 Å². The molecular formula is C15H25FN2OS. The first-order valence-electron chi connectivity index (χ1n) is 6.80. The van der Waals surface area contributed by atoms with Crippen LogP contribution < -0.4 is 10.2 Å². The van der Waals surface area contributed by atoms with Gasteiger partial charge in [0.1, 0.15) is 5.82 Å². The van der Waals surface area contributed by atoms with Crippen LogP contribution in [0.1, 0.15) is 12.5 Å². The summed E-state index contributed by atoms with van der Waals surface area (Å²) in [4.78, 5) is 2.03. The van der Waals surface area contributed by atoms with Crippen LogP contribution in [0.5, 0.6) is 0 Å². The minimum Gasteiger partial charge on any atom is -0.383 e. The van der Waals surface area contributed by atoms with E-state index in [1.165, 1.54) is 6.07 Å². The Bertz CT molecular complexity index is 403. The average Bonchev–Trinajstić information content (AvgIpc) is 2.43. The second-order valence-corrected chi connectivity index (χ2v) is 5.74. The Kier molecular flexibility index (Phi) is 7.95. The van der Waals surface area contributed by atoms with Gasteiger partial charge in [-0.05, 0) is 24.8 Å². The van der Waals surface area contributed by atoms with Gasteiger partial charge in [0.15, 0.2) is 0 Å². The summed E-state index contributed by atoms with van der Waals surface area (Å²) < 4.78 is 19.2. The number of para-hydroxylation sites is 1. The fourth-order valence-electron chi connectivity index (χ4n) is 2.07. The van der Waals surface area contributed by atoms with Crippen molar-refractivity contribution in [3.63, 3.8) is 0 Å². The van der Waals surface area contributed by atoms with Gasteiger partial charge in [0.2, 0.25) is 0 Å². The molecule has 114 valence electrons. The summed E-state index contributed by atoms with van der Waals surface area (Å²) >= 11 is 1.77. The van der Waals surface area contributed by atoms with Crippen LogP contribution in [0.4, 0.5) is 10.1 Å². The van der Waals surface area contributed by atoms with E-state index in [1.807, 2.05) is 18.0 Å². The maximum atomic E-state index is 14.2. The molecule has 1 unspecified atom stereocenters. The van der Waals surface area contributed by atoms with Crippen LogP contribution in [0.2, 0.25) is 0 Å². The van der Waals surface area contributed by atoms with E-state index >= 15 is 0 Å². The Morgan fingerprint density at radius 1 is 1.45 bits per heavy atom. The molecule has 0 amide bonds. The van der Waals surface area contributed by atoms with Crippen LogP contribution in [0.15, 0.2) is 18.2 Å². The van der Waals surface area contributed by atoms with Gasteiger partial charge in [-0.15, -0.1) is 0 Å². The Morgan fingerprint density at radius 2 is 2.20 bits per heavy atom. The van der Waals surface area contributed by atoms with E-state index in [0.29, 0.717) is 24.9 Å². The lowest BCUT2D eigenvalue weighted by molar-refractivity contribution is 0.199. The van der Waals surface area contributed by atoms with Crippen molar-refractivity contribution in [2.45, 2.75) is 19.5 Å². The molecule has 0 heterocycles. The topological polar surface area (TPSA) is 24.5 Å². The molecule has 0 saturated carbocycles. The molecule has 0 aromatic heterocycles. The third-order valence-corrected chi connectivity index (χ3v) is 4.11. The van der Waals surface area contributed by atoms with Gasteiger partial charge in [-0.25, -0.2) is 4.39 Å².